The first-order chi connectivity index (χ1) is 11.8. The summed E-state index contributed by atoms with van der Waals surface area (Å²) in [6.07, 6.45) is 4.23. The lowest BCUT2D eigenvalue weighted by Gasteiger charge is -2.14. The molecule has 3 rings (SSSR count). The van der Waals surface area contributed by atoms with Gasteiger partial charge in [-0.2, -0.15) is 0 Å². The Balaban J connectivity index is 1.54. The molecule has 0 spiro atoms. The Morgan fingerprint density at radius 1 is 1.44 bits per heavy atom. The molecule has 0 saturated carbocycles. The van der Waals surface area contributed by atoms with Gasteiger partial charge in [-0.25, -0.2) is 8.42 Å². The molecule has 3 heterocycles. The highest BCUT2D eigenvalue weighted by Crippen LogP contribution is 2.32. The summed E-state index contributed by atoms with van der Waals surface area (Å²) in [7, 11) is -3.26. The van der Waals surface area contributed by atoms with Crippen LogP contribution in [0.1, 0.15) is 12.2 Å². The summed E-state index contributed by atoms with van der Waals surface area (Å²) >= 11 is 0.781. The predicted molar refractivity (Wildman–Crippen MR) is 90.9 cm³/mol. The van der Waals surface area contributed by atoms with Crippen LogP contribution in [0, 0.1) is 0 Å². The molecule has 1 N–H and O–H groups in total. The zero-order valence-electron chi connectivity index (χ0n) is 12.9. The highest BCUT2D eigenvalue weighted by molar-refractivity contribution is 8.18. The molecule has 0 bridgehead atoms. The fraction of sp³-hybridized carbons (Fsp3) is 0.267. The van der Waals surface area contributed by atoms with Gasteiger partial charge in [0.05, 0.1) is 23.0 Å². The minimum atomic E-state index is -3.26. The van der Waals surface area contributed by atoms with Crippen molar-refractivity contribution in [1.29, 1.82) is 0 Å². The predicted octanol–water partition coefficient (Wildman–Crippen LogP) is 1.13. The topological polar surface area (TPSA) is 114 Å². The van der Waals surface area contributed by atoms with Crippen molar-refractivity contribution in [2.24, 2.45) is 0 Å². The second-order valence-corrected chi connectivity index (χ2v) is 8.36. The van der Waals surface area contributed by atoms with E-state index in [1.54, 1.807) is 12.1 Å². The molecule has 0 aliphatic carbocycles. The van der Waals surface area contributed by atoms with Crippen molar-refractivity contribution in [2.45, 2.75) is 12.5 Å². The third kappa shape index (κ3) is 4.20. The molecule has 0 aromatic carbocycles. The van der Waals surface area contributed by atoms with E-state index in [9.17, 15) is 22.8 Å². The number of amides is 3. The molecule has 0 unspecified atom stereocenters. The average Bonchev–Trinajstić information content (AvgIpc) is 3.21. The number of hydrogen-bond acceptors (Lipinski definition) is 7. The van der Waals surface area contributed by atoms with E-state index >= 15 is 0 Å². The molecule has 10 heteroatoms. The number of nitrogens with zero attached hydrogens (tertiary/aromatic N) is 1. The molecule has 0 radical (unpaired) electrons. The van der Waals surface area contributed by atoms with Gasteiger partial charge in [0.25, 0.3) is 11.1 Å². The molecule has 8 nitrogen and oxygen atoms in total. The maximum atomic E-state index is 12.2. The Hall–Kier alpha value is -2.33. The van der Waals surface area contributed by atoms with E-state index in [0.29, 0.717) is 5.76 Å². The van der Waals surface area contributed by atoms with Crippen molar-refractivity contribution >= 4 is 44.7 Å². The van der Waals surface area contributed by atoms with Gasteiger partial charge in [0.1, 0.15) is 5.76 Å². The normalized spacial score (nSPS) is 23.6. The molecule has 132 valence electrons. The van der Waals surface area contributed by atoms with Crippen molar-refractivity contribution < 1.29 is 27.2 Å². The van der Waals surface area contributed by atoms with E-state index in [1.165, 1.54) is 18.4 Å². The summed E-state index contributed by atoms with van der Waals surface area (Å²) < 4.78 is 27.7. The zero-order chi connectivity index (χ0) is 18.0. The number of hydrogen-bond donors (Lipinski definition) is 1. The molecule has 1 atom stereocenters. The molecular weight excluding hydrogens is 368 g/mol. The highest BCUT2D eigenvalue weighted by atomic mass is 32.2. The number of nitrogens with one attached hydrogen (secondary N) is 1. The van der Waals surface area contributed by atoms with Crippen molar-refractivity contribution in [1.82, 2.24) is 10.2 Å². The average molecular weight is 382 g/mol. The van der Waals surface area contributed by atoms with Crippen LogP contribution in [0.4, 0.5) is 4.79 Å². The van der Waals surface area contributed by atoms with Crippen LogP contribution in [-0.4, -0.2) is 48.7 Å². The van der Waals surface area contributed by atoms with Crippen LogP contribution in [0.2, 0.25) is 0 Å². The third-order valence-electron chi connectivity index (χ3n) is 3.53. The van der Waals surface area contributed by atoms with Crippen molar-refractivity contribution in [3.8, 4) is 0 Å². The minimum absolute atomic E-state index is 0.0742. The number of furan rings is 1. The van der Waals surface area contributed by atoms with Gasteiger partial charge in [-0.1, -0.05) is 0 Å². The molecule has 1 fully saturated rings. The zero-order valence-corrected chi connectivity index (χ0v) is 14.5. The molecule has 1 saturated heterocycles. The Morgan fingerprint density at radius 2 is 2.24 bits per heavy atom. The maximum Gasteiger partial charge on any atom is 0.293 e. The minimum Gasteiger partial charge on any atom is -0.465 e. The van der Waals surface area contributed by atoms with Gasteiger partial charge in [0, 0.05) is 24.4 Å². The van der Waals surface area contributed by atoms with Gasteiger partial charge in [0.2, 0.25) is 5.91 Å². The number of carbonyl (C=O) groups is 3. The summed E-state index contributed by atoms with van der Waals surface area (Å²) in [5.41, 5.74) is 0. The fourth-order valence-corrected chi connectivity index (χ4v) is 4.43. The molecule has 1 aromatic rings. The largest absolute Gasteiger partial charge is 0.465 e. The third-order valence-corrected chi connectivity index (χ3v) is 5.83. The molecule has 3 amide bonds. The van der Waals surface area contributed by atoms with E-state index in [1.807, 2.05) is 0 Å². The van der Waals surface area contributed by atoms with E-state index in [0.717, 1.165) is 22.1 Å². The lowest BCUT2D eigenvalue weighted by molar-refractivity contribution is -0.124. The summed E-state index contributed by atoms with van der Waals surface area (Å²) in [5.74, 6) is -0.632. The van der Waals surface area contributed by atoms with Crippen molar-refractivity contribution in [3.05, 3.63) is 40.5 Å². The second-order valence-electron chi connectivity index (χ2n) is 5.43. The Bertz CT molecular complexity index is 870. The number of carbonyl (C=O) groups excluding carboxylic acids is 3. The smallest absolute Gasteiger partial charge is 0.293 e. The van der Waals surface area contributed by atoms with Gasteiger partial charge in [-0.05, 0) is 30.0 Å². The highest BCUT2D eigenvalue weighted by Gasteiger charge is 2.35. The molecule has 2 aliphatic rings. The summed E-state index contributed by atoms with van der Waals surface area (Å²) in [6.45, 7) is -0.0742. The fourth-order valence-electron chi connectivity index (χ4n) is 2.35. The monoisotopic (exact) mass is 382 g/mol. The first kappa shape index (κ1) is 17.5. The van der Waals surface area contributed by atoms with E-state index in [2.05, 4.69) is 5.32 Å². The van der Waals surface area contributed by atoms with Crippen LogP contribution in [0.15, 0.2) is 39.2 Å². The van der Waals surface area contributed by atoms with Gasteiger partial charge in [-0.15, -0.1) is 0 Å². The molecule has 2 aliphatic heterocycles. The Kier molecular flexibility index (Phi) is 4.82. The van der Waals surface area contributed by atoms with E-state index in [-0.39, 0.29) is 23.6 Å². The van der Waals surface area contributed by atoms with E-state index < -0.39 is 32.9 Å². The van der Waals surface area contributed by atoms with Crippen LogP contribution in [0.5, 0.6) is 0 Å². The Morgan fingerprint density at radius 3 is 2.88 bits per heavy atom. The molecule has 1 aromatic heterocycles. The summed E-state index contributed by atoms with van der Waals surface area (Å²) in [6, 6.07) is 2.74. The maximum absolute atomic E-state index is 12.2. The van der Waals surface area contributed by atoms with Crippen LogP contribution >= 0.6 is 11.8 Å². The number of rotatable bonds is 5. The molecular formula is C15H14N2O6S2. The van der Waals surface area contributed by atoms with Crippen molar-refractivity contribution in [3.63, 3.8) is 0 Å². The first-order valence-corrected chi connectivity index (χ1v) is 9.86. The van der Waals surface area contributed by atoms with Crippen LogP contribution in [-0.2, 0) is 19.4 Å². The van der Waals surface area contributed by atoms with Gasteiger partial charge < -0.3 is 9.73 Å². The number of sulfone groups is 1. The lowest BCUT2D eigenvalue weighted by Crippen LogP contribution is -2.38. The van der Waals surface area contributed by atoms with Gasteiger partial charge in [-0.3, -0.25) is 19.3 Å². The van der Waals surface area contributed by atoms with Crippen LogP contribution in [0.3, 0.4) is 0 Å². The number of thioether (sulfide) groups is 1. The Labute approximate surface area is 147 Å². The molecule has 25 heavy (non-hydrogen) atoms. The second kappa shape index (κ2) is 6.89. The number of imide groups is 1. The van der Waals surface area contributed by atoms with E-state index in [4.69, 9.17) is 4.42 Å². The van der Waals surface area contributed by atoms with Crippen LogP contribution in [0.25, 0.3) is 6.08 Å². The quantitative estimate of drug-likeness (QED) is 0.759. The first-order valence-electron chi connectivity index (χ1n) is 7.33. The summed E-state index contributed by atoms with van der Waals surface area (Å²) in [4.78, 5) is 37.3. The van der Waals surface area contributed by atoms with Gasteiger partial charge >= 0.3 is 0 Å². The van der Waals surface area contributed by atoms with Crippen LogP contribution < -0.4 is 5.32 Å². The van der Waals surface area contributed by atoms with Gasteiger partial charge in [0.15, 0.2) is 9.84 Å². The summed E-state index contributed by atoms with van der Waals surface area (Å²) in [5, 5.41) is 3.15. The standard InChI is InChI=1S/C15H14N2O6S2/c18-13(16-10-4-7-25(21,22)9-10)3-5-17-14(19)12(24-15(17)20)8-11-2-1-6-23-11/h1-2,4,6-8,10H,3,5,9H2,(H,16,18)/b12-8+/t10-/m1/s1. The lowest BCUT2D eigenvalue weighted by atomic mass is 10.3. The van der Waals surface area contributed by atoms with Crippen molar-refractivity contribution in [2.75, 3.05) is 12.3 Å². The SMILES string of the molecule is O=C(CCN1C(=O)S/C(=C/c2ccco2)C1=O)N[C@@H]1C=CS(=O)(=O)C1.